The van der Waals surface area contributed by atoms with Gasteiger partial charge in [-0.05, 0) is 40.6 Å². The number of rotatable bonds is 7. The smallest absolute Gasteiger partial charge is 0.260 e. The zero-order chi connectivity index (χ0) is 18.5. The van der Waals surface area contributed by atoms with E-state index in [2.05, 4.69) is 55.9 Å². The van der Waals surface area contributed by atoms with Crippen molar-refractivity contribution in [1.29, 1.82) is 0 Å². The van der Waals surface area contributed by atoms with Gasteiger partial charge in [-0.15, -0.1) is 4.79 Å². The molecule has 0 spiro atoms. The minimum absolute atomic E-state index is 0.186. The zero-order valence-corrected chi connectivity index (χ0v) is 16.0. The number of halogens is 1. The van der Waals surface area contributed by atoms with Crippen molar-refractivity contribution in [1.82, 2.24) is 20.3 Å². The van der Waals surface area contributed by atoms with E-state index in [1.807, 2.05) is 24.3 Å². The van der Waals surface area contributed by atoms with Crippen LogP contribution in [0.25, 0.3) is 0 Å². The Morgan fingerprint density at radius 3 is 2.62 bits per heavy atom. The molecule has 26 heavy (non-hydrogen) atoms. The summed E-state index contributed by atoms with van der Waals surface area (Å²) in [7, 11) is 1.61. The van der Waals surface area contributed by atoms with Gasteiger partial charge in [0.05, 0.1) is 13.7 Å². The standard InChI is InChI=1S/C17H19BrN6O2/c1-11-3-5-12(6-4-11)10-26-16-8-14(18)13(7-15(16)25-2)9-20-24-17(19)21-22-23-24/h3-8,20H,9-10H2,1-2H3,(H2,19,21,23). The van der Waals surface area contributed by atoms with Crippen molar-refractivity contribution in [3.63, 3.8) is 0 Å². The molecule has 0 amide bonds. The monoisotopic (exact) mass is 418 g/mol. The normalized spacial score (nSPS) is 10.6. The number of aromatic nitrogens is 4. The highest BCUT2D eigenvalue weighted by Crippen LogP contribution is 2.34. The molecule has 1 heterocycles. The van der Waals surface area contributed by atoms with Crippen LogP contribution in [-0.2, 0) is 13.2 Å². The lowest BCUT2D eigenvalue weighted by atomic mass is 10.1. The Labute approximate surface area is 159 Å². The van der Waals surface area contributed by atoms with Gasteiger partial charge < -0.3 is 20.6 Å². The number of nitrogen functional groups attached to an aromatic ring is 1. The third kappa shape index (κ3) is 4.23. The number of ether oxygens (including phenoxy) is 2. The second kappa shape index (κ2) is 8.05. The molecule has 0 aliphatic heterocycles. The summed E-state index contributed by atoms with van der Waals surface area (Å²) in [4.78, 5) is 1.31. The number of benzene rings is 2. The predicted octanol–water partition coefficient (Wildman–Crippen LogP) is 2.66. The summed E-state index contributed by atoms with van der Waals surface area (Å²) in [5.41, 5.74) is 11.9. The highest BCUT2D eigenvalue weighted by atomic mass is 79.9. The topological polar surface area (TPSA) is 100 Å². The molecule has 0 saturated carbocycles. The number of nitrogens with two attached hydrogens (primary N) is 1. The van der Waals surface area contributed by atoms with Gasteiger partial charge in [0.15, 0.2) is 11.5 Å². The summed E-state index contributed by atoms with van der Waals surface area (Å²) in [6, 6.07) is 12.0. The van der Waals surface area contributed by atoms with Gasteiger partial charge in [-0.25, -0.2) is 0 Å². The molecule has 3 aromatic rings. The van der Waals surface area contributed by atoms with Crippen LogP contribution in [-0.4, -0.2) is 27.4 Å². The van der Waals surface area contributed by atoms with E-state index in [-0.39, 0.29) is 5.95 Å². The fourth-order valence-corrected chi connectivity index (χ4v) is 2.76. The summed E-state index contributed by atoms with van der Waals surface area (Å²) in [5, 5.41) is 10.8. The van der Waals surface area contributed by atoms with E-state index in [0.29, 0.717) is 24.7 Å². The quantitative estimate of drug-likeness (QED) is 0.607. The van der Waals surface area contributed by atoms with Gasteiger partial charge in [-0.2, -0.15) is 0 Å². The summed E-state index contributed by atoms with van der Waals surface area (Å²) < 4.78 is 12.3. The maximum absolute atomic E-state index is 5.93. The van der Waals surface area contributed by atoms with Crippen LogP contribution in [0.4, 0.5) is 5.95 Å². The second-order valence-electron chi connectivity index (χ2n) is 5.65. The van der Waals surface area contributed by atoms with E-state index in [1.165, 1.54) is 10.4 Å². The number of anilines is 1. The van der Waals surface area contributed by atoms with Crippen molar-refractivity contribution in [2.24, 2.45) is 0 Å². The van der Waals surface area contributed by atoms with E-state index >= 15 is 0 Å². The first-order chi connectivity index (χ1) is 12.6. The van der Waals surface area contributed by atoms with Crippen LogP contribution in [0.5, 0.6) is 11.5 Å². The summed E-state index contributed by atoms with van der Waals surface area (Å²) in [5.74, 6) is 1.48. The van der Waals surface area contributed by atoms with Gasteiger partial charge in [0.25, 0.3) is 5.95 Å². The molecule has 8 nitrogen and oxygen atoms in total. The summed E-state index contributed by atoms with van der Waals surface area (Å²) >= 11 is 3.56. The van der Waals surface area contributed by atoms with Gasteiger partial charge in [-0.1, -0.05) is 50.9 Å². The largest absolute Gasteiger partial charge is 0.493 e. The zero-order valence-electron chi connectivity index (χ0n) is 14.4. The molecule has 0 radical (unpaired) electrons. The Balaban J connectivity index is 1.71. The van der Waals surface area contributed by atoms with Crippen molar-refractivity contribution in [2.75, 3.05) is 18.3 Å². The van der Waals surface area contributed by atoms with E-state index in [9.17, 15) is 0 Å². The Bertz CT molecular complexity index is 881. The number of tetrazole rings is 1. The first kappa shape index (κ1) is 18.0. The van der Waals surface area contributed by atoms with Crippen LogP contribution in [0.3, 0.4) is 0 Å². The minimum atomic E-state index is 0.186. The van der Waals surface area contributed by atoms with E-state index in [1.54, 1.807) is 7.11 Å². The van der Waals surface area contributed by atoms with Crippen molar-refractivity contribution in [3.8, 4) is 11.5 Å². The van der Waals surface area contributed by atoms with Gasteiger partial charge in [0.1, 0.15) is 6.61 Å². The number of hydrogen-bond acceptors (Lipinski definition) is 7. The fourth-order valence-electron chi connectivity index (χ4n) is 2.30. The maximum Gasteiger partial charge on any atom is 0.260 e. The van der Waals surface area contributed by atoms with Crippen molar-refractivity contribution in [3.05, 3.63) is 57.6 Å². The molecule has 0 atom stereocenters. The molecule has 0 bridgehead atoms. The number of nitrogens with one attached hydrogen (secondary N) is 1. The van der Waals surface area contributed by atoms with Gasteiger partial charge in [0, 0.05) is 4.47 Å². The molecule has 0 unspecified atom stereocenters. The third-order valence-corrected chi connectivity index (χ3v) is 4.50. The molecule has 3 N–H and O–H groups in total. The maximum atomic E-state index is 5.93. The molecule has 1 aromatic heterocycles. The molecule has 0 fully saturated rings. The molecular formula is C17H19BrN6O2. The first-order valence-electron chi connectivity index (χ1n) is 7.89. The number of aryl methyl sites for hydroxylation is 1. The van der Waals surface area contributed by atoms with Crippen LogP contribution in [0.15, 0.2) is 40.9 Å². The lowest BCUT2D eigenvalue weighted by Crippen LogP contribution is -2.18. The highest BCUT2D eigenvalue weighted by molar-refractivity contribution is 9.10. The average molecular weight is 419 g/mol. The number of methoxy groups -OCH3 is 1. The Morgan fingerprint density at radius 2 is 1.96 bits per heavy atom. The SMILES string of the molecule is COc1cc(CNn2nnnc2N)c(Br)cc1OCc1ccc(C)cc1. The summed E-state index contributed by atoms with van der Waals surface area (Å²) in [6.45, 7) is 2.97. The lowest BCUT2D eigenvalue weighted by Gasteiger charge is -2.15. The Hall–Kier alpha value is -2.81. The van der Waals surface area contributed by atoms with Crippen LogP contribution in [0, 0.1) is 6.92 Å². The minimum Gasteiger partial charge on any atom is -0.493 e. The lowest BCUT2D eigenvalue weighted by molar-refractivity contribution is 0.284. The predicted molar refractivity (Wildman–Crippen MR) is 101 cm³/mol. The fraction of sp³-hybridized carbons (Fsp3) is 0.235. The van der Waals surface area contributed by atoms with Gasteiger partial charge in [0.2, 0.25) is 0 Å². The molecule has 0 saturated heterocycles. The van der Waals surface area contributed by atoms with Crippen LogP contribution in [0.2, 0.25) is 0 Å². The molecular weight excluding hydrogens is 400 g/mol. The van der Waals surface area contributed by atoms with Gasteiger partial charge >= 0.3 is 0 Å². The number of hydrogen-bond donors (Lipinski definition) is 2. The van der Waals surface area contributed by atoms with Gasteiger partial charge in [-0.3, -0.25) is 0 Å². The first-order valence-corrected chi connectivity index (χ1v) is 8.68. The molecule has 9 heteroatoms. The molecule has 3 rings (SSSR count). The molecule has 136 valence electrons. The number of nitrogens with zero attached hydrogens (tertiary/aromatic N) is 4. The highest BCUT2D eigenvalue weighted by Gasteiger charge is 2.11. The van der Waals surface area contributed by atoms with Crippen molar-refractivity contribution >= 4 is 21.9 Å². The van der Waals surface area contributed by atoms with Crippen LogP contribution >= 0.6 is 15.9 Å². The Morgan fingerprint density at radius 1 is 1.19 bits per heavy atom. The third-order valence-electron chi connectivity index (χ3n) is 3.76. The molecule has 0 aliphatic carbocycles. The second-order valence-corrected chi connectivity index (χ2v) is 6.51. The Kier molecular flexibility index (Phi) is 5.57. The van der Waals surface area contributed by atoms with E-state index in [4.69, 9.17) is 15.2 Å². The van der Waals surface area contributed by atoms with E-state index in [0.717, 1.165) is 15.6 Å². The molecule has 0 aliphatic rings. The summed E-state index contributed by atoms with van der Waals surface area (Å²) in [6.07, 6.45) is 0. The van der Waals surface area contributed by atoms with Crippen molar-refractivity contribution in [2.45, 2.75) is 20.1 Å². The van der Waals surface area contributed by atoms with Crippen LogP contribution in [0.1, 0.15) is 16.7 Å². The molecule has 2 aromatic carbocycles. The van der Waals surface area contributed by atoms with Crippen molar-refractivity contribution < 1.29 is 9.47 Å². The average Bonchev–Trinajstić information content (AvgIpc) is 3.05. The van der Waals surface area contributed by atoms with E-state index < -0.39 is 0 Å². The van der Waals surface area contributed by atoms with Crippen LogP contribution < -0.4 is 20.6 Å².